The van der Waals surface area contributed by atoms with Gasteiger partial charge in [0, 0.05) is 49.1 Å². The predicted octanol–water partition coefficient (Wildman–Crippen LogP) is 6.09. The average Bonchev–Trinajstić information content (AvgIpc) is 3.26. The van der Waals surface area contributed by atoms with Crippen molar-refractivity contribution in [1.82, 2.24) is 20.1 Å². The summed E-state index contributed by atoms with van der Waals surface area (Å²) in [5, 5.41) is 23.1. The van der Waals surface area contributed by atoms with Crippen molar-refractivity contribution >= 4 is 28.9 Å². The fourth-order valence-corrected chi connectivity index (χ4v) is 4.80. The van der Waals surface area contributed by atoms with E-state index in [1.165, 1.54) is 0 Å². The van der Waals surface area contributed by atoms with Crippen LogP contribution in [0, 0.1) is 11.3 Å². The number of nitriles is 1. The van der Waals surface area contributed by atoms with Crippen molar-refractivity contribution in [3.05, 3.63) is 108 Å². The number of hydrogen-bond donors (Lipinski definition) is 3. The molecule has 2 amide bonds. The Bertz CT molecular complexity index is 1490. The van der Waals surface area contributed by atoms with Crippen LogP contribution in [0.3, 0.4) is 0 Å². The topological polar surface area (TPSA) is 111 Å². The van der Waals surface area contributed by atoms with Gasteiger partial charge < -0.3 is 16.0 Å². The summed E-state index contributed by atoms with van der Waals surface area (Å²) in [6, 6.07) is 23.4. The third kappa shape index (κ3) is 6.85. The number of nitrogens with one attached hydrogen (secondary N) is 3. The molecule has 1 aliphatic rings. The highest BCUT2D eigenvalue weighted by atomic mass is 16.2. The van der Waals surface area contributed by atoms with Gasteiger partial charge >= 0.3 is 6.03 Å². The number of hydrogen-bond acceptors (Lipinski definition) is 6. The first-order chi connectivity index (χ1) is 19.6. The van der Waals surface area contributed by atoms with Crippen molar-refractivity contribution in [1.29, 1.82) is 5.26 Å². The summed E-state index contributed by atoms with van der Waals surface area (Å²) in [7, 11) is 1.88. The van der Waals surface area contributed by atoms with Crippen LogP contribution in [0.5, 0.6) is 0 Å². The zero-order valence-corrected chi connectivity index (χ0v) is 22.4. The molecule has 0 radical (unpaired) electrons. The summed E-state index contributed by atoms with van der Waals surface area (Å²) >= 11 is 0. The Morgan fingerprint density at radius 1 is 1.02 bits per heavy atom. The lowest BCUT2D eigenvalue weighted by molar-refractivity contribution is 0.242. The Balaban J connectivity index is 1.30. The van der Waals surface area contributed by atoms with E-state index in [0.29, 0.717) is 17.9 Å². The van der Waals surface area contributed by atoms with E-state index in [4.69, 9.17) is 5.26 Å². The number of anilines is 4. The lowest BCUT2D eigenvalue weighted by Gasteiger charge is -2.32. The smallest absolute Gasteiger partial charge is 0.322 e. The van der Waals surface area contributed by atoms with E-state index in [0.717, 1.165) is 54.0 Å². The summed E-state index contributed by atoms with van der Waals surface area (Å²) in [6.07, 6.45) is 10.7. The molecule has 2 aromatic carbocycles. The van der Waals surface area contributed by atoms with Crippen LogP contribution in [0.25, 0.3) is 0 Å². The van der Waals surface area contributed by atoms with Gasteiger partial charge in [-0.1, -0.05) is 36.4 Å². The highest BCUT2D eigenvalue weighted by molar-refractivity contribution is 5.93. The molecule has 0 saturated heterocycles. The van der Waals surface area contributed by atoms with Gasteiger partial charge in [-0.25, -0.2) is 9.78 Å². The standard InChI is InChI=1S/C31H32N8O/c1-38-22-27(21-35-38)36-26-12-15-29(16-13-26)39(31(40)34-19-23-6-3-2-4-7-23)28-9-5-8-25(11-14-28)37-30-17-10-24(18-32)20-33-30/h2-4,6-8,10,12-13,15-17,20-22,28,36H,5,9,11,14,19H2,1H3,(H,33,37)(H,34,40). The van der Waals surface area contributed by atoms with Gasteiger partial charge in [-0.05, 0) is 67.6 Å². The molecule has 1 aliphatic carbocycles. The fourth-order valence-electron chi connectivity index (χ4n) is 4.80. The van der Waals surface area contributed by atoms with E-state index in [-0.39, 0.29) is 12.1 Å². The number of aryl methyl sites for hydroxylation is 1. The second-order valence-corrected chi connectivity index (χ2v) is 9.76. The Morgan fingerprint density at radius 3 is 2.55 bits per heavy atom. The monoisotopic (exact) mass is 532 g/mol. The lowest BCUT2D eigenvalue weighted by atomic mass is 10.1. The number of urea groups is 1. The molecule has 4 aromatic rings. The van der Waals surface area contributed by atoms with Crippen molar-refractivity contribution in [3.63, 3.8) is 0 Å². The van der Waals surface area contributed by atoms with E-state index in [1.807, 2.05) is 78.8 Å². The minimum Gasteiger partial charge on any atom is -0.353 e. The maximum atomic E-state index is 13.7. The molecule has 2 aromatic heterocycles. The minimum atomic E-state index is -0.119. The van der Waals surface area contributed by atoms with Gasteiger partial charge in [-0.3, -0.25) is 9.58 Å². The van der Waals surface area contributed by atoms with Crippen LogP contribution in [0.15, 0.2) is 97.1 Å². The zero-order valence-electron chi connectivity index (χ0n) is 22.4. The molecular weight excluding hydrogens is 500 g/mol. The molecular formula is C31H32N8O. The second-order valence-electron chi connectivity index (χ2n) is 9.76. The quantitative estimate of drug-likeness (QED) is 0.253. The van der Waals surface area contributed by atoms with Gasteiger partial charge in [0.25, 0.3) is 0 Å². The number of benzene rings is 2. The molecule has 2 heterocycles. The van der Waals surface area contributed by atoms with Crippen molar-refractivity contribution in [2.24, 2.45) is 7.05 Å². The van der Waals surface area contributed by atoms with Gasteiger partial charge in [-0.2, -0.15) is 10.4 Å². The van der Waals surface area contributed by atoms with E-state index >= 15 is 0 Å². The maximum absolute atomic E-state index is 13.7. The Morgan fingerprint density at radius 2 is 1.85 bits per heavy atom. The van der Waals surface area contributed by atoms with Gasteiger partial charge in [-0.15, -0.1) is 0 Å². The number of amides is 2. The van der Waals surface area contributed by atoms with Gasteiger partial charge in [0.05, 0.1) is 17.4 Å². The van der Waals surface area contributed by atoms with Crippen molar-refractivity contribution in [2.75, 3.05) is 15.5 Å². The molecule has 0 saturated carbocycles. The Hall–Kier alpha value is -5.10. The number of pyridine rings is 1. The van der Waals surface area contributed by atoms with Crippen LogP contribution in [0.1, 0.15) is 36.8 Å². The summed E-state index contributed by atoms with van der Waals surface area (Å²) in [5.41, 5.74) is 5.32. The summed E-state index contributed by atoms with van der Waals surface area (Å²) in [4.78, 5) is 19.9. The van der Waals surface area contributed by atoms with Crippen LogP contribution in [-0.2, 0) is 13.6 Å². The molecule has 0 bridgehead atoms. The second kappa shape index (κ2) is 12.6. The number of carbonyl (C=O) groups excluding carboxylic acids is 1. The normalized spacial score (nSPS) is 14.8. The van der Waals surface area contributed by atoms with Crippen LogP contribution in [0.4, 0.5) is 27.7 Å². The van der Waals surface area contributed by atoms with Crippen LogP contribution in [-0.4, -0.2) is 26.8 Å². The molecule has 0 spiro atoms. The number of nitrogens with zero attached hydrogens (tertiary/aromatic N) is 5. The van der Waals surface area contributed by atoms with E-state index in [1.54, 1.807) is 23.1 Å². The number of allylic oxidation sites excluding steroid dienone is 2. The largest absolute Gasteiger partial charge is 0.353 e. The van der Waals surface area contributed by atoms with E-state index < -0.39 is 0 Å². The number of rotatable bonds is 8. The molecule has 9 heteroatoms. The maximum Gasteiger partial charge on any atom is 0.322 e. The van der Waals surface area contributed by atoms with Crippen molar-refractivity contribution in [3.8, 4) is 6.07 Å². The molecule has 40 heavy (non-hydrogen) atoms. The highest BCUT2D eigenvalue weighted by Crippen LogP contribution is 2.29. The Labute approximate surface area is 234 Å². The number of carbonyl (C=O) groups is 1. The molecule has 0 fully saturated rings. The van der Waals surface area contributed by atoms with E-state index in [9.17, 15) is 4.79 Å². The zero-order chi connectivity index (χ0) is 27.7. The van der Waals surface area contributed by atoms with Gasteiger partial charge in [0.1, 0.15) is 11.9 Å². The molecule has 9 nitrogen and oxygen atoms in total. The summed E-state index contributed by atoms with van der Waals surface area (Å²) in [6.45, 7) is 0.457. The van der Waals surface area contributed by atoms with Crippen LogP contribution >= 0.6 is 0 Å². The first kappa shape index (κ1) is 26.5. The predicted molar refractivity (Wildman–Crippen MR) is 157 cm³/mol. The molecule has 1 unspecified atom stereocenters. The van der Waals surface area contributed by atoms with Crippen LogP contribution in [0.2, 0.25) is 0 Å². The van der Waals surface area contributed by atoms with Crippen molar-refractivity contribution in [2.45, 2.75) is 38.3 Å². The molecule has 5 rings (SSSR count). The van der Waals surface area contributed by atoms with Gasteiger partial charge in [0.2, 0.25) is 0 Å². The third-order valence-corrected chi connectivity index (χ3v) is 6.83. The molecule has 3 N–H and O–H groups in total. The molecule has 202 valence electrons. The lowest BCUT2D eigenvalue weighted by Crippen LogP contribution is -2.46. The van der Waals surface area contributed by atoms with Gasteiger partial charge in [0.15, 0.2) is 0 Å². The Kier molecular flexibility index (Phi) is 8.37. The minimum absolute atomic E-state index is 0.0115. The number of aromatic nitrogens is 3. The molecule has 1 atom stereocenters. The first-order valence-electron chi connectivity index (χ1n) is 13.4. The SMILES string of the molecule is Cn1cc(Nc2ccc(N(C(=O)NCc3ccccc3)C3CCC=C(Nc4ccc(C#N)cn4)CC3)cc2)cn1. The highest BCUT2D eigenvalue weighted by Gasteiger charge is 2.26. The van der Waals surface area contributed by atoms with Crippen LogP contribution < -0.4 is 20.9 Å². The van der Waals surface area contributed by atoms with E-state index in [2.05, 4.69) is 38.2 Å². The molecule has 0 aliphatic heterocycles. The summed E-state index contributed by atoms with van der Waals surface area (Å²) in [5.74, 6) is 0.706. The fraction of sp³-hybridized carbons (Fsp3) is 0.226. The summed E-state index contributed by atoms with van der Waals surface area (Å²) < 4.78 is 1.75. The first-order valence-corrected chi connectivity index (χ1v) is 13.4. The third-order valence-electron chi connectivity index (χ3n) is 6.83. The van der Waals surface area contributed by atoms with Crippen molar-refractivity contribution < 1.29 is 4.79 Å². The average molecular weight is 533 g/mol.